The summed E-state index contributed by atoms with van der Waals surface area (Å²) in [5, 5.41) is 11.3. The van der Waals surface area contributed by atoms with Gasteiger partial charge in [-0.1, -0.05) is 11.2 Å². The molecule has 1 amide bonds. The first-order valence-electron chi connectivity index (χ1n) is 5.21. The molecule has 0 aliphatic carbocycles. The molecule has 0 aliphatic rings. The molecule has 0 radical (unpaired) electrons. The highest BCUT2D eigenvalue weighted by Gasteiger charge is 2.21. The van der Waals surface area contributed by atoms with E-state index in [9.17, 15) is 9.18 Å². The Labute approximate surface area is 112 Å². The fraction of sp³-hybridized carbons (Fsp3) is 0.273. The van der Waals surface area contributed by atoms with E-state index in [0.717, 1.165) is 0 Å². The van der Waals surface area contributed by atoms with Crippen LogP contribution in [0.4, 0.5) is 4.39 Å². The van der Waals surface area contributed by atoms with Crippen molar-refractivity contribution in [3.05, 3.63) is 34.1 Å². The minimum absolute atomic E-state index is 0.0629. The fourth-order valence-corrected chi connectivity index (χ4v) is 1.93. The zero-order valence-corrected chi connectivity index (χ0v) is 11.3. The van der Waals surface area contributed by atoms with Gasteiger partial charge in [0.15, 0.2) is 5.84 Å². The van der Waals surface area contributed by atoms with Crippen LogP contribution in [0.1, 0.15) is 17.3 Å². The number of carbonyl (C=O) groups excluding carboxylic acids is 1. The van der Waals surface area contributed by atoms with Gasteiger partial charge in [-0.3, -0.25) is 4.79 Å². The Morgan fingerprint density at radius 1 is 1.61 bits per heavy atom. The standard InChI is InChI=1S/C11H13BrFN3O2/c1-2-16(6-9(14)15-18)11(17)10-7(12)4-3-5-8(10)13/h3-5,18H,2,6H2,1H3,(H2,14,15). The van der Waals surface area contributed by atoms with E-state index in [0.29, 0.717) is 11.0 Å². The molecule has 1 aromatic carbocycles. The molecule has 7 heteroatoms. The van der Waals surface area contributed by atoms with Crippen LogP contribution in [0.15, 0.2) is 27.8 Å². The van der Waals surface area contributed by atoms with Crippen LogP contribution >= 0.6 is 15.9 Å². The van der Waals surface area contributed by atoms with Gasteiger partial charge >= 0.3 is 0 Å². The summed E-state index contributed by atoms with van der Waals surface area (Å²) in [5.74, 6) is -1.25. The van der Waals surface area contributed by atoms with Gasteiger partial charge in [-0.2, -0.15) is 0 Å². The second-order valence-electron chi connectivity index (χ2n) is 3.51. The Hall–Kier alpha value is -1.63. The van der Waals surface area contributed by atoms with Crippen LogP contribution in [0.5, 0.6) is 0 Å². The Bertz CT molecular complexity index is 459. The van der Waals surface area contributed by atoms with Gasteiger partial charge in [0.1, 0.15) is 5.82 Å². The zero-order valence-electron chi connectivity index (χ0n) is 9.73. The summed E-state index contributed by atoms with van der Waals surface area (Å²) in [6, 6.07) is 4.28. The molecule has 0 aliphatic heterocycles. The predicted octanol–water partition coefficient (Wildman–Crippen LogP) is 1.80. The molecule has 0 spiro atoms. The third kappa shape index (κ3) is 3.19. The minimum Gasteiger partial charge on any atom is -0.409 e. The molecule has 1 rings (SSSR count). The molecule has 0 bridgehead atoms. The monoisotopic (exact) mass is 317 g/mol. The van der Waals surface area contributed by atoms with Crippen molar-refractivity contribution in [3.8, 4) is 0 Å². The first kappa shape index (κ1) is 14.4. The number of oxime groups is 1. The van der Waals surface area contributed by atoms with Crippen LogP contribution in [-0.2, 0) is 0 Å². The van der Waals surface area contributed by atoms with Crippen LogP contribution in [0.2, 0.25) is 0 Å². The quantitative estimate of drug-likeness (QED) is 0.384. The molecule has 1 aromatic rings. The normalized spacial score (nSPS) is 11.4. The lowest BCUT2D eigenvalue weighted by molar-refractivity contribution is 0.0780. The predicted molar refractivity (Wildman–Crippen MR) is 69.1 cm³/mol. The number of nitrogens with zero attached hydrogens (tertiary/aromatic N) is 2. The molecule has 0 atom stereocenters. The molecule has 98 valence electrons. The van der Waals surface area contributed by atoms with Gasteiger partial charge in [-0.15, -0.1) is 0 Å². The van der Waals surface area contributed by atoms with Crippen LogP contribution < -0.4 is 5.73 Å². The lowest BCUT2D eigenvalue weighted by atomic mass is 10.2. The number of hydrogen-bond donors (Lipinski definition) is 2. The number of likely N-dealkylation sites (N-methyl/N-ethyl adjacent to an activating group) is 1. The van der Waals surface area contributed by atoms with E-state index in [4.69, 9.17) is 10.9 Å². The topological polar surface area (TPSA) is 78.9 Å². The molecule has 5 nitrogen and oxygen atoms in total. The molecular weight excluding hydrogens is 305 g/mol. The number of amides is 1. The van der Waals surface area contributed by atoms with Gasteiger partial charge in [0.05, 0.1) is 12.1 Å². The summed E-state index contributed by atoms with van der Waals surface area (Å²) in [7, 11) is 0. The number of amidine groups is 1. The summed E-state index contributed by atoms with van der Waals surface area (Å²) in [4.78, 5) is 13.4. The van der Waals surface area contributed by atoms with Crippen molar-refractivity contribution in [2.75, 3.05) is 13.1 Å². The first-order valence-corrected chi connectivity index (χ1v) is 6.00. The summed E-state index contributed by atoms with van der Waals surface area (Å²) in [5.41, 5.74) is 5.28. The molecular formula is C11H13BrFN3O2. The molecule has 0 saturated carbocycles. The van der Waals surface area contributed by atoms with E-state index in [1.165, 1.54) is 17.0 Å². The molecule has 18 heavy (non-hydrogen) atoms. The maximum absolute atomic E-state index is 13.6. The maximum Gasteiger partial charge on any atom is 0.258 e. The van der Waals surface area contributed by atoms with Gasteiger partial charge in [0.25, 0.3) is 5.91 Å². The van der Waals surface area contributed by atoms with Crippen molar-refractivity contribution in [3.63, 3.8) is 0 Å². The van der Waals surface area contributed by atoms with E-state index in [-0.39, 0.29) is 17.9 Å². The summed E-state index contributed by atoms with van der Waals surface area (Å²) in [6.07, 6.45) is 0. The fourth-order valence-electron chi connectivity index (χ4n) is 1.41. The SMILES string of the molecule is CCN(C/C(N)=N/O)C(=O)c1c(F)cccc1Br. The average Bonchev–Trinajstić information content (AvgIpc) is 2.35. The second kappa shape index (κ2) is 6.34. The molecule has 3 N–H and O–H groups in total. The van der Waals surface area contributed by atoms with E-state index in [1.54, 1.807) is 13.0 Å². The highest BCUT2D eigenvalue weighted by atomic mass is 79.9. The van der Waals surface area contributed by atoms with E-state index < -0.39 is 11.7 Å². The van der Waals surface area contributed by atoms with Crippen molar-refractivity contribution in [2.45, 2.75) is 6.92 Å². The van der Waals surface area contributed by atoms with Crippen molar-refractivity contribution < 1.29 is 14.4 Å². The Kier molecular flexibility index (Phi) is 5.08. The summed E-state index contributed by atoms with van der Waals surface area (Å²) < 4.78 is 14.0. The third-order valence-electron chi connectivity index (χ3n) is 2.33. The Morgan fingerprint density at radius 2 is 2.28 bits per heavy atom. The number of benzene rings is 1. The summed E-state index contributed by atoms with van der Waals surface area (Å²) >= 11 is 3.13. The molecule has 0 unspecified atom stereocenters. The van der Waals surface area contributed by atoms with Crippen molar-refractivity contribution in [1.29, 1.82) is 0 Å². The van der Waals surface area contributed by atoms with Crippen molar-refractivity contribution >= 4 is 27.7 Å². The Balaban J connectivity index is 3.04. The maximum atomic E-state index is 13.6. The lowest BCUT2D eigenvalue weighted by Gasteiger charge is -2.20. The third-order valence-corrected chi connectivity index (χ3v) is 2.99. The van der Waals surface area contributed by atoms with Crippen molar-refractivity contribution in [2.24, 2.45) is 10.9 Å². The number of carbonyl (C=O) groups is 1. The van der Waals surface area contributed by atoms with Crippen LogP contribution in [0, 0.1) is 5.82 Å². The lowest BCUT2D eigenvalue weighted by Crippen LogP contribution is -2.39. The van der Waals surface area contributed by atoms with Gasteiger partial charge < -0.3 is 15.8 Å². The number of hydrogen-bond acceptors (Lipinski definition) is 3. The zero-order chi connectivity index (χ0) is 13.7. The number of halogens is 2. The minimum atomic E-state index is -0.618. The van der Waals surface area contributed by atoms with E-state index in [2.05, 4.69) is 21.1 Å². The average molecular weight is 318 g/mol. The van der Waals surface area contributed by atoms with Gasteiger partial charge in [0.2, 0.25) is 0 Å². The largest absolute Gasteiger partial charge is 0.409 e. The molecule has 0 saturated heterocycles. The van der Waals surface area contributed by atoms with Gasteiger partial charge in [0, 0.05) is 11.0 Å². The molecule has 0 fully saturated rings. The molecule has 0 aromatic heterocycles. The van der Waals surface area contributed by atoms with E-state index in [1.807, 2.05) is 0 Å². The highest BCUT2D eigenvalue weighted by molar-refractivity contribution is 9.10. The highest BCUT2D eigenvalue weighted by Crippen LogP contribution is 2.21. The van der Waals surface area contributed by atoms with Crippen LogP contribution in [-0.4, -0.2) is 34.9 Å². The van der Waals surface area contributed by atoms with Gasteiger partial charge in [-0.25, -0.2) is 4.39 Å². The Morgan fingerprint density at radius 3 is 2.78 bits per heavy atom. The molecule has 0 heterocycles. The second-order valence-corrected chi connectivity index (χ2v) is 4.36. The van der Waals surface area contributed by atoms with Crippen molar-refractivity contribution in [1.82, 2.24) is 4.90 Å². The van der Waals surface area contributed by atoms with Gasteiger partial charge in [-0.05, 0) is 35.0 Å². The van der Waals surface area contributed by atoms with E-state index >= 15 is 0 Å². The van der Waals surface area contributed by atoms with Crippen LogP contribution in [0.25, 0.3) is 0 Å². The number of rotatable bonds is 4. The first-order chi connectivity index (χ1) is 8.51. The number of nitrogens with two attached hydrogens (primary N) is 1. The summed E-state index contributed by atoms with van der Waals surface area (Å²) in [6.45, 7) is 1.97. The smallest absolute Gasteiger partial charge is 0.258 e. The van der Waals surface area contributed by atoms with Crippen LogP contribution in [0.3, 0.4) is 0 Å².